The van der Waals surface area contributed by atoms with Gasteiger partial charge < -0.3 is 10.4 Å². The molecule has 8 heteroatoms. The van der Waals surface area contributed by atoms with Crippen molar-refractivity contribution in [3.05, 3.63) is 83.7 Å². The SMILES string of the molecule is Cc1ccc(-n2c(SCC(=O)Nc3cccc(F)c3)nnc2-c2ccccc2O)c(C)c1. The first-order chi connectivity index (χ1) is 15.4. The van der Waals surface area contributed by atoms with Gasteiger partial charge in [0.25, 0.3) is 0 Å². The number of nitrogens with one attached hydrogen (secondary N) is 1. The van der Waals surface area contributed by atoms with E-state index in [1.54, 1.807) is 24.3 Å². The third-order valence-electron chi connectivity index (χ3n) is 4.81. The molecule has 0 saturated carbocycles. The highest BCUT2D eigenvalue weighted by molar-refractivity contribution is 7.99. The lowest BCUT2D eigenvalue weighted by molar-refractivity contribution is -0.113. The summed E-state index contributed by atoms with van der Waals surface area (Å²) in [5, 5.41) is 22.2. The van der Waals surface area contributed by atoms with Crippen LogP contribution in [0.3, 0.4) is 0 Å². The average molecular weight is 449 g/mol. The van der Waals surface area contributed by atoms with Gasteiger partial charge in [-0.15, -0.1) is 10.2 Å². The van der Waals surface area contributed by atoms with Crippen LogP contribution >= 0.6 is 11.8 Å². The summed E-state index contributed by atoms with van der Waals surface area (Å²) in [6, 6.07) is 18.7. The van der Waals surface area contributed by atoms with Crippen LogP contribution in [0.4, 0.5) is 10.1 Å². The lowest BCUT2D eigenvalue weighted by Crippen LogP contribution is -2.14. The van der Waals surface area contributed by atoms with Gasteiger partial charge >= 0.3 is 0 Å². The molecule has 0 unspecified atom stereocenters. The molecule has 4 rings (SSSR count). The maximum atomic E-state index is 13.4. The second-order valence-corrected chi connectivity index (χ2v) is 8.24. The van der Waals surface area contributed by atoms with E-state index in [-0.39, 0.29) is 17.4 Å². The van der Waals surface area contributed by atoms with Gasteiger partial charge in [0.05, 0.1) is 17.0 Å². The van der Waals surface area contributed by atoms with E-state index < -0.39 is 5.82 Å². The Kier molecular flexibility index (Phi) is 6.23. The Hall–Kier alpha value is -3.65. The predicted octanol–water partition coefficient (Wildman–Crippen LogP) is 5.13. The molecule has 0 aliphatic rings. The average Bonchev–Trinajstić information content (AvgIpc) is 3.16. The van der Waals surface area contributed by atoms with E-state index in [2.05, 4.69) is 21.6 Å². The summed E-state index contributed by atoms with van der Waals surface area (Å²) in [6.07, 6.45) is 0. The molecule has 162 valence electrons. The number of aromatic nitrogens is 3. The summed E-state index contributed by atoms with van der Waals surface area (Å²) in [5.41, 5.74) is 3.91. The minimum Gasteiger partial charge on any atom is -0.507 e. The minimum absolute atomic E-state index is 0.0559. The van der Waals surface area contributed by atoms with Crippen LogP contribution in [0.2, 0.25) is 0 Å². The number of phenols is 1. The molecule has 2 N–H and O–H groups in total. The van der Waals surface area contributed by atoms with Crippen LogP contribution in [0.25, 0.3) is 17.1 Å². The number of anilines is 1. The summed E-state index contributed by atoms with van der Waals surface area (Å²) in [4.78, 5) is 12.4. The van der Waals surface area contributed by atoms with Gasteiger partial charge in [0, 0.05) is 5.69 Å². The fourth-order valence-corrected chi connectivity index (χ4v) is 4.11. The number of amides is 1. The first-order valence-electron chi connectivity index (χ1n) is 9.92. The van der Waals surface area contributed by atoms with E-state index in [0.717, 1.165) is 16.8 Å². The number of thioether (sulfide) groups is 1. The van der Waals surface area contributed by atoms with Gasteiger partial charge in [-0.2, -0.15) is 0 Å². The highest BCUT2D eigenvalue weighted by atomic mass is 32.2. The van der Waals surface area contributed by atoms with Crippen LogP contribution < -0.4 is 5.32 Å². The number of aromatic hydroxyl groups is 1. The maximum absolute atomic E-state index is 13.4. The number of phenolic OH excluding ortho intramolecular Hbond substituents is 1. The van der Waals surface area contributed by atoms with Crippen molar-refractivity contribution in [1.82, 2.24) is 14.8 Å². The Morgan fingerprint density at radius 1 is 1.06 bits per heavy atom. The number of halogens is 1. The van der Waals surface area contributed by atoms with Gasteiger partial charge in [0.15, 0.2) is 11.0 Å². The van der Waals surface area contributed by atoms with Crippen molar-refractivity contribution in [3.8, 4) is 22.8 Å². The predicted molar refractivity (Wildman–Crippen MR) is 124 cm³/mol. The van der Waals surface area contributed by atoms with E-state index >= 15 is 0 Å². The zero-order valence-electron chi connectivity index (χ0n) is 17.5. The van der Waals surface area contributed by atoms with Crippen molar-refractivity contribution in [3.63, 3.8) is 0 Å². The standard InChI is InChI=1S/C24H21FN4O2S/c1-15-10-11-20(16(2)12-15)29-23(19-8-3-4-9-21(19)30)27-28-24(29)32-14-22(31)26-18-7-5-6-17(25)13-18/h3-13,30H,14H2,1-2H3,(H,26,31). The van der Waals surface area contributed by atoms with Gasteiger partial charge in [0.1, 0.15) is 11.6 Å². The Labute approximate surface area is 189 Å². The highest BCUT2D eigenvalue weighted by Crippen LogP contribution is 2.33. The zero-order valence-corrected chi connectivity index (χ0v) is 18.4. The second kappa shape index (κ2) is 9.23. The molecule has 1 heterocycles. The number of nitrogens with zero attached hydrogens (tertiary/aromatic N) is 3. The molecular formula is C24H21FN4O2S. The summed E-state index contributed by atoms with van der Waals surface area (Å²) in [7, 11) is 0. The lowest BCUT2D eigenvalue weighted by Gasteiger charge is -2.14. The summed E-state index contributed by atoms with van der Waals surface area (Å²) in [5.74, 6) is -0.0907. The van der Waals surface area contributed by atoms with E-state index in [1.807, 2.05) is 36.6 Å². The number of hydrogen-bond acceptors (Lipinski definition) is 5. The van der Waals surface area contributed by atoms with Crippen LogP contribution in [0.5, 0.6) is 5.75 Å². The van der Waals surface area contributed by atoms with Crippen molar-refractivity contribution in [2.75, 3.05) is 11.1 Å². The molecule has 4 aromatic rings. The number of para-hydroxylation sites is 1. The monoisotopic (exact) mass is 448 g/mol. The molecular weight excluding hydrogens is 427 g/mol. The molecule has 1 aromatic heterocycles. The first kappa shape index (κ1) is 21.6. The van der Waals surface area contributed by atoms with Crippen molar-refractivity contribution in [2.24, 2.45) is 0 Å². The molecule has 3 aromatic carbocycles. The molecule has 0 fully saturated rings. The molecule has 1 amide bonds. The van der Waals surface area contributed by atoms with Gasteiger partial charge in [-0.3, -0.25) is 9.36 Å². The van der Waals surface area contributed by atoms with E-state index in [4.69, 9.17) is 0 Å². The van der Waals surface area contributed by atoms with Crippen molar-refractivity contribution in [1.29, 1.82) is 0 Å². The quantitative estimate of drug-likeness (QED) is 0.400. The normalized spacial score (nSPS) is 10.8. The van der Waals surface area contributed by atoms with Crippen molar-refractivity contribution < 1.29 is 14.3 Å². The summed E-state index contributed by atoms with van der Waals surface area (Å²) < 4.78 is 15.2. The Morgan fingerprint density at radius 3 is 2.62 bits per heavy atom. The fraction of sp³-hybridized carbons (Fsp3) is 0.125. The molecule has 0 radical (unpaired) electrons. The Balaban J connectivity index is 1.66. The third kappa shape index (κ3) is 4.65. The summed E-state index contributed by atoms with van der Waals surface area (Å²) in [6.45, 7) is 4.00. The van der Waals surface area contributed by atoms with Gasteiger partial charge in [-0.25, -0.2) is 4.39 Å². The number of benzene rings is 3. The molecule has 0 atom stereocenters. The zero-order chi connectivity index (χ0) is 22.7. The summed E-state index contributed by atoms with van der Waals surface area (Å²) >= 11 is 1.21. The van der Waals surface area contributed by atoms with Gasteiger partial charge in [-0.05, 0) is 55.8 Å². The number of carbonyl (C=O) groups is 1. The van der Waals surface area contributed by atoms with Crippen LogP contribution in [-0.4, -0.2) is 31.5 Å². The molecule has 32 heavy (non-hydrogen) atoms. The van der Waals surface area contributed by atoms with Crippen LogP contribution in [0.15, 0.2) is 71.9 Å². The molecule has 0 aliphatic carbocycles. The highest BCUT2D eigenvalue weighted by Gasteiger charge is 2.20. The van der Waals surface area contributed by atoms with Crippen LogP contribution in [0.1, 0.15) is 11.1 Å². The lowest BCUT2D eigenvalue weighted by atomic mass is 10.1. The second-order valence-electron chi connectivity index (χ2n) is 7.30. The Bertz CT molecular complexity index is 1290. The molecule has 6 nitrogen and oxygen atoms in total. The minimum atomic E-state index is -0.419. The van der Waals surface area contributed by atoms with Crippen molar-refractivity contribution in [2.45, 2.75) is 19.0 Å². The largest absolute Gasteiger partial charge is 0.507 e. The Morgan fingerprint density at radius 2 is 1.88 bits per heavy atom. The molecule has 0 spiro atoms. The van der Waals surface area contributed by atoms with Gasteiger partial charge in [-0.1, -0.05) is 47.7 Å². The van der Waals surface area contributed by atoms with E-state index in [0.29, 0.717) is 22.2 Å². The third-order valence-corrected chi connectivity index (χ3v) is 5.74. The number of hydrogen-bond donors (Lipinski definition) is 2. The number of rotatable bonds is 6. The van der Waals surface area contributed by atoms with Crippen molar-refractivity contribution >= 4 is 23.4 Å². The van der Waals surface area contributed by atoms with Crippen LogP contribution in [0, 0.1) is 19.7 Å². The van der Waals surface area contributed by atoms with E-state index in [1.165, 1.54) is 30.0 Å². The smallest absolute Gasteiger partial charge is 0.234 e. The molecule has 0 bridgehead atoms. The topological polar surface area (TPSA) is 80.0 Å². The number of aryl methyl sites for hydroxylation is 2. The number of carbonyl (C=O) groups excluding carboxylic acids is 1. The first-order valence-corrected chi connectivity index (χ1v) is 10.9. The van der Waals surface area contributed by atoms with E-state index in [9.17, 15) is 14.3 Å². The molecule has 0 aliphatic heterocycles. The molecule has 0 saturated heterocycles. The fourth-order valence-electron chi connectivity index (χ4n) is 3.37. The van der Waals surface area contributed by atoms with Gasteiger partial charge in [0.2, 0.25) is 5.91 Å². The maximum Gasteiger partial charge on any atom is 0.234 e. The van der Waals surface area contributed by atoms with Crippen LogP contribution in [-0.2, 0) is 4.79 Å².